The predicted octanol–water partition coefficient (Wildman–Crippen LogP) is 3.26. The molecule has 11 heteroatoms. The van der Waals surface area contributed by atoms with E-state index in [1.54, 1.807) is 0 Å². The summed E-state index contributed by atoms with van der Waals surface area (Å²) >= 11 is 5.83. The molecule has 1 heterocycles. The molecular formula is C21H20ClF3N2O5. The highest BCUT2D eigenvalue weighted by molar-refractivity contribution is 6.33. The molecule has 2 bridgehead atoms. The van der Waals surface area contributed by atoms with Gasteiger partial charge in [-0.15, -0.1) is 0 Å². The monoisotopic (exact) mass is 472 g/mol. The summed E-state index contributed by atoms with van der Waals surface area (Å²) in [6.45, 7) is 0.534. The van der Waals surface area contributed by atoms with Gasteiger partial charge in [-0.1, -0.05) is 11.6 Å². The van der Waals surface area contributed by atoms with Crippen LogP contribution in [0.3, 0.4) is 0 Å². The minimum Gasteiger partial charge on any atom is -0.454 e. The van der Waals surface area contributed by atoms with Crippen molar-refractivity contribution in [1.82, 2.24) is 4.90 Å². The van der Waals surface area contributed by atoms with Gasteiger partial charge in [0.1, 0.15) is 6.04 Å². The van der Waals surface area contributed by atoms with Crippen molar-refractivity contribution < 1.29 is 37.1 Å². The summed E-state index contributed by atoms with van der Waals surface area (Å²) in [7, 11) is 0. The van der Waals surface area contributed by atoms with Gasteiger partial charge in [-0.25, -0.2) is 4.79 Å². The van der Waals surface area contributed by atoms with Gasteiger partial charge < -0.3 is 10.1 Å². The van der Waals surface area contributed by atoms with Gasteiger partial charge in [0.25, 0.3) is 5.91 Å². The first kappa shape index (κ1) is 22.6. The Labute approximate surface area is 186 Å². The summed E-state index contributed by atoms with van der Waals surface area (Å²) < 4.78 is 43.4. The topological polar surface area (TPSA) is 92.8 Å². The van der Waals surface area contributed by atoms with E-state index in [1.807, 2.05) is 0 Å². The van der Waals surface area contributed by atoms with Crippen LogP contribution in [-0.2, 0) is 30.1 Å². The molecule has 7 nitrogen and oxygen atoms in total. The van der Waals surface area contributed by atoms with E-state index >= 15 is 0 Å². The fourth-order valence-electron chi connectivity index (χ4n) is 5.16. The van der Waals surface area contributed by atoms with E-state index in [0.29, 0.717) is 6.07 Å². The molecule has 4 rings (SSSR count). The number of halogens is 4. The summed E-state index contributed by atoms with van der Waals surface area (Å²) in [6, 6.07) is 1.22. The highest BCUT2D eigenvalue weighted by Crippen LogP contribution is 2.56. The number of fused-ring (bicyclic) bond motifs is 5. The number of amides is 3. The maximum absolute atomic E-state index is 12.8. The van der Waals surface area contributed by atoms with E-state index in [0.717, 1.165) is 36.3 Å². The fourth-order valence-corrected chi connectivity index (χ4v) is 5.32. The fraction of sp³-hybridized carbons (Fsp3) is 0.524. The molecule has 1 aliphatic heterocycles. The molecule has 3 aliphatic rings. The zero-order valence-electron chi connectivity index (χ0n) is 16.9. The number of rotatable bonds is 5. The third-order valence-corrected chi connectivity index (χ3v) is 6.93. The molecule has 0 radical (unpaired) electrons. The van der Waals surface area contributed by atoms with Crippen LogP contribution in [0.1, 0.15) is 31.7 Å². The lowest BCUT2D eigenvalue weighted by Crippen LogP contribution is -2.45. The van der Waals surface area contributed by atoms with Crippen LogP contribution in [0.5, 0.6) is 0 Å². The van der Waals surface area contributed by atoms with Crippen molar-refractivity contribution >= 4 is 41.0 Å². The number of carbonyl (C=O) groups is 4. The minimum absolute atomic E-state index is 0.125. The van der Waals surface area contributed by atoms with Crippen molar-refractivity contribution in [3.8, 4) is 0 Å². The maximum atomic E-state index is 12.8. The largest absolute Gasteiger partial charge is 0.454 e. The standard InChI is InChI=1S/C21H20ClF3N2O5/c1-9(27-18(29)16-10-2-3-11(6-10)17(16)19(27)30)20(31)32-8-15(28)26-14-7-12(21(23,24)25)4-5-13(14)22/h4-5,7,9-11,16-17H,2-3,6,8H2,1H3,(H,26,28). The summed E-state index contributed by atoms with van der Waals surface area (Å²) in [5, 5.41) is 2.04. The molecule has 1 saturated heterocycles. The van der Waals surface area contributed by atoms with Crippen molar-refractivity contribution in [2.24, 2.45) is 23.7 Å². The highest BCUT2D eigenvalue weighted by atomic mass is 35.5. The number of alkyl halides is 3. The van der Waals surface area contributed by atoms with Gasteiger partial charge >= 0.3 is 12.1 Å². The number of benzene rings is 1. The van der Waals surface area contributed by atoms with Gasteiger partial charge in [0.2, 0.25) is 11.8 Å². The Kier molecular flexibility index (Phi) is 5.68. The molecule has 3 fully saturated rings. The van der Waals surface area contributed by atoms with Gasteiger partial charge in [-0.2, -0.15) is 13.2 Å². The molecule has 1 aromatic carbocycles. The third kappa shape index (κ3) is 3.85. The van der Waals surface area contributed by atoms with Crippen molar-refractivity contribution in [3.05, 3.63) is 28.8 Å². The maximum Gasteiger partial charge on any atom is 0.416 e. The van der Waals surface area contributed by atoms with Crippen LogP contribution in [0.25, 0.3) is 0 Å². The molecule has 32 heavy (non-hydrogen) atoms. The Hall–Kier alpha value is -2.62. The molecular weight excluding hydrogens is 453 g/mol. The summed E-state index contributed by atoms with van der Waals surface area (Å²) in [6.07, 6.45) is -1.97. The third-order valence-electron chi connectivity index (χ3n) is 6.60. The molecule has 5 atom stereocenters. The first-order valence-corrected chi connectivity index (χ1v) is 10.6. The normalized spacial score (nSPS) is 27.5. The van der Waals surface area contributed by atoms with Crippen LogP contribution in [0, 0.1) is 23.7 Å². The lowest BCUT2D eigenvalue weighted by Gasteiger charge is -2.23. The number of carbonyl (C=O) groups excluding carboxylic acids is 4. The molecule has 1 N–H and O–H groups in total. The highest BCUT2D eigenvalue weighted by Gasteiger charge is 2.62. The first-order valence-electron chi connectivity index (χ1n) is 10.2. The van der Waals surface area contributed by atoms with E-state index < -0.39 is 36.3 Å². The minimum atomic E-state index is -4.63. The van der Waals surface area contributed by atoms with Crippen molar-refractivity contribution in [2.45, 2.75) is 38.4 Å². The van der Waals surface area contributed by atoms with E-state index in [4.69, 9.17) is 16.3 Å². The number of nitrogens with one attached hydrogen (secondary N) is 1. The number of hydrogen-bond acceptors (Lipinski definition) is 5. The first-order chi connectivity index (χ1) is 15.0. The average molecular weight is 473 g/mol. The molecule has 172 valence electrons. The van der Waals surface area contributed by atoms with Crippen LogP contribution < -0.4 is 5.32 Å². The van der Waals surface area contributed by atoms with Crippen molar-refractivity contribution in [3.63, 3.8) is 0 Å². The van der Waals surface area contributed by atoms with Gasteiger partial charge in [0, 0.05) is 0 Å². The SMILES string of the molecule is CC(C(=O)OCC(=O)Nc1cc(C(F)(F)F)ccc1Cl)N1C(=O)C2C3CCC(C3)C2C1=O. The molecule has 3 amide bonds. The molecule has 0 spiro atoms. The number of anilines is 1. The average Bonchev–Trinajstić information content (AvgIpc) is 3.40. The second kappa shape index (κ2) is 8.06. The number of likely N-dealkylation sites (tertiary alicyclic amines) is 1. The Bertz CT molecular complexity index is 970. The Morgan fingerprint density at radius 2 is 1.78 bits per heavy atom. The zero-order valence-corrected chi connectivity index (χ0v) is 17.7. The van der Waals surface area contributed by atoms with E-state index in [-0.39, 0.29) is 46.2 Å². The number of imide groups is 1. The molecule has 0 aromatic heterocycles. The zero-order chi connectivity index (χ0) is 23.4. The second-order valence-corrected chi connectivity index (χ2v) is 8.86. The van der Waals surface area contributed by atoms with Gasteiger partial charge in [0.05, 0.1) is 28.1 Å². The van der Waals surface area contributed by atoms with E-state index in [9.17, 15) is 32.3 Å². The summed E-state index contributed by atoms with van der Waals surface area (Å²) in [4.78, 5) is 51.0. The van der Waals surface area contributed by atoms with Crippen molar-refractivity contribution in [1.29, 1.82) is 0 Å². The second-order valence-electron chi connectivity index (χ2n) is 8.46. The Morgan fingerprint density at radius 1 is 1.19 bits per heavy atom. The number of ether oxygens (including phenoxy) is 1. The van der Waals surface area contributed by atoms with Crippen LogP contribution in [0.2, 0.25) is 5.02 Å². The van der Waals surface area contributed by atoms with Crippen LogP contribution >= 0.6 is 11.6 Å². The lowest BCUT2D eigenvalue weighted by molar-refractivity contribution is -0.159. The summed E-state index contributed by atoms with van der Waals surface area (Å²) in [5.41, 5.74) is -1.29. The molecule has 2 saturated carbocycles. The van der Waals surface area contributed by atoms with Gasteiger partial charge in [-0.05, 0) is 56.2 Å². The quantitative estimate of drug-likeness (QED) is 0.524. The number of esters is 1. The van der Waals surface area contributed by atoms with Gasteiger partial charge in [-0.3, -0.25) is 19.3 Å². The number of hydrogen-bond donors (Lipinski definition) is 1. The molecule has 1 aromatic rings. The van der Waals surface area contributed by atoms with Gasteiger partial charge in [0.15, 0.2) is 6.61 Å². The predicted molar refractivity (Wildman–Crippen MR) is 105 cm³/mol. The van der Waals surface area contributed by atoms with Crippen LogP contribution in [0.15, 0.2) is 18.2 Å². The molecule has 2 aliphatic carbocycles. The molecule has 5 unspecified atom stereocenters. The van der Waals surface area contributed by atoms with Crippen LogP contribution in [-0.4, -0.2) is 41.2 Å². The van der Waals surface area contributed by atoms with E-state index in [2.05, 4.69) is 5.32 Å². The lowest BCUT2D eigenvalue weighted by atomic mass is 9.81. The Morgan fingerprint density at radius 3 is 2.34 bits per heavy atom. The Balaban J connectivity index is 1.35. The van der Waals surface area contributed by atoms with Crippen molar-refractivity contribution in [2.75, 3.05) is 11.9 Å². The number of nitrogens with zero attached hydrogens (tertiary/aromatic N) is 1. The van der Waals surface area contributed by atoms with E-state index in [1.165, 1.54) is 6.92 Å². The summed E-state index contributed by atoms with van der Waals surface area (Å²) in [5.74, 6) is -3.07. The van der Waals surface area contributed by atoms with Crippen LogP contribution in [0.4, 0.5) is 18.9 Å². The smallest absolute Gasteiger partial charge is 0.416 e.